The molecule has 1 rings (SSSR count). The van der Waals surface area contributed by atoms with Crippen molar-refractivity contribution in [2.75, 3.05) is 13.2 Å². The molecule has 1 aromatic heterocycles. The Balaban J connectivity index is 2.92. The Hall–Kier alpha value is -1.68. The number of hydrogen-bond acceptors (Lipinski definition) is 3. The van der Waals surface area contributed by atoms with Crippen molar-refractivity contribution in [2.24, 2.45) is 0 Å². The number of nitrogens with one attached hydrogen (secondary N) is 1. The quantitative estimate of drug-likeness (QED) is 0.741. The maximum Gasteiger partial charge on any atom is 0.253 e. The van der Waals surface area contributed by atoms with Gasteiger partial charge in [0.2, 0.25) is 0 Å². The fourth-order valence-corrected chi connectivity index (χ4v) is 1.41. The maximum atomic E-state index is 11.8. The summed E-state index contributed by atoms with van der Waals surface area (Å²) in [5, 5.41) is 11.3. The predicted molar refractivity (Wildman–Crippen MR) is 62.7 cm³/mol. The van der Waals surface area contributed by atoms with Crippen molar-refractivity contribution < 1.29 is 9.90 Å². The van der Waals surface area contributed by atoms with Crippen molar-refractivity contribution in [3.8, 4) is 0 Å². The van der Waals surface area contributed by atoms with Crippen LogP contribution in [0.4, 0.5) is 0 Å². The molecule has 0 unspecified atom stereocenters. The second kappa shape index (κ2) is 6.02. The molecule has 0 atom stereocenters. The van der Waals surface area contributed by atoms with Crippen molar-refractivity contribution in [2.45, 2.75) is 13.8 Å². The molecule has 0 spiro atoms. The zero-order valence-electron chi connectivity index (χ0n) is 9.53. The lowest BCUT2D eigenvalue weighted by molar-refractivity contribution is -0.115. The first-order chi connectivity index (χ1) is 7.70. The van der Waals surface area contributed by atoms with Gasteiger partial charge in [0.05, 0.1) is 17.9 Å². The number of hydrogen-bond donors (Lipinski definition) is 2. The minimum Gasteiger partial charge on any atom is -0.395 e. The molecule has 86 valence electrons. The normalized spacial score (nSPS) is 11.3. The molecule has 0 aliphatic heterocycles. The molecule has 0 aliphatic carbocycles. The van der Waals surface area contributed by atoms with Gasteiger partial charge in [0, 0.05) is 12.7 Å². The maximum absolute atomic E-state index is 11.8. The molecule has 0 saturated heterocycles. The molecule has 0 radical (unpaired) electrons. The van der Waals surface area contributed by atoms with Gasteiger partial charge in [-0.25, -0.2) is 0 Å². The lowest BCUT2D eigenvalue weighted by atomic mass is 10.1. The first-order valence-electron chi connectivity index (χ1n) is 5.18. The second-order valence-corrected chi connectivity index (χ2v) is 3.35. The Bertz CT molecular complexity index is 400. The minimum absolute atomic E-state index is 0.0655. The first-order valence-corrected chi connectivity index (χ1v) is 5.18. The Morgan fingerprint density at radius 2 is 2.38 bits per heavy atom. The fraction of sp³-hybridized carbons (Fsp3) is 0.333. The molecular weight excluding hydrogens is 204 g/mol. The zero-order chi connectivity index (χ0) is 12.0. The summed E-state index contributed by atoms with van der Waals surface area (Å²) < 4.78 is 0. The number of rotatable bonds is 4. The number of carbonyl (C=O) groups excluding carboxylic acids is 1. The molecule has 2 N–H and O–H groups in total. The number of carbonyl (C=O) groups is 1. The van der Waals surface area contributed by atoms with Crippen LogP contribution in [0.15, 0.2) is 24.4 Å². The van der Waals surface area contributed by atoms with E-state index in [1.165, 1.54) is 0 Å². The molecule has 1 heterocycles. The number of aliphatic hydroxyl groups excluding tert-OH is 1. The third kappa shape index (κ3) is 2.90. The van der Waals surface area contributed by atoms with Gasteiger partial charge >= 0.3 is 0 Å². The summed E-state index contributed by atoms with van der Waals surface area (Å²) in [5.74, 6) is -0.210. The van der Waals surface area contributed by atoms with Gasteiger partial charge in [0.15, 0.2) is 0 Å². The van der Waals surface area contributed by atoms with E-state index in [-0.39, 0.29) is 19.1 Å². The summed E-state index contributed by atoms with van der Waals surface area (Å²) in [7, 11) is 0. The van der Waals surface area contributed by atoms with Crippen LogP contribution >= 0.6 is 0 Å². The molecule has 16 heavy (non-hydrogen) atoms. The van der Waals surface area contributed by atoms with E-state index in [1.54, 1.807) is 19.2 Å². The van der Waals surface area contributed by atoms with Gasteiger partial charge in [-0.3, -0.25) is 9.78 Å². The summed E-state index contributed by atoms with van der Waals surface area (Å²) in [6.07, 6.45) is 3.38. The van der Waals surface area contributed by atoms with E-state index >= 15 is 0 Å². The SMILES string of the molecule is C/C=C(/C(=O)NCCO)c1ncccc1C. The molecule has 4 nitrogen and oxygen atoms in total. The van der Waals surface area contributed by atoms with E-state index in [4.69, 9.17) is 5.11 Å². The summed E-state index contributed by atoms with van der Waals surface area (Å²) in [6.45, 7) is 3.89. The number of aryl methyl sites for hydroxylation is 1. The smallest absolute Gasteiger partial charge is 0.253 e. The highest BCUT2D eigenvalue weighted by molar-refractivity contribution is 6.19. The van der Waals surface area contributed by atoms with Gasteiger partial charge in [0.25, 0.3) is 5.91 Å². The molecular formula is C12H16N2O2. The van der Waals surface area contributed by atoms with Crippen LogP contribution in [0.2, 0.25) is 0 Å². The van der Waals surface area contributed by atoms with Crippen LogP contribution < -0.4 is 5.32 Å². The van der Waals surface area contributed by atoms with Crippen LogP contribution in [0.3, 0.4) is 0 Å². The van der Waals surface area contributed by atoms with Gasteiger partial charge in [-0.2, -0.15) is 0 Å². The highest BCUT2D eigenvalue weighted by atomic mass is 16.3. The molecule has 0 saturated carbocycles. The Morgan fingerprint density at radius 1 is 1.62 bits per heavy atom. The standard InChI is InChI=1S/C12H16N2O2/c1-3-10(12(16)14-7-8-15)11-9(2)5-4-6-13-11/h3-6,15H,7-8H2,1-2H3,(H,14,16)/b10-3+. The molecule has 1 aromatic rings. The highest BCUT2D eigenvalue weighted by Crippen LogP contribution is 2.15. The van der Waals surface area contributed by atoms with Gasteiger partial charge < -0.3 is 10.4 Å². The summed E-state index contributed by atoms with van der Waals surface area (Å²) >= 11 is 0. The molecule has 1 amide bonds. The molecule has 0 aromatic carbocycles. The van der Waals surface area contributed by atoms with Crippen LogP contribution in [0.1, 0.15) is 18.2 Å². The van der Waals surface area contributed by atoms with Gasteiger partial charge in [0.1, 0.15) is 0 Å². The number of nitrogens with zero attached hydrogens (tertiary/aromatic N) is 1. The van der Waals surface area contributed by atoms with Crippen molar-refractivity contribution in [1.29, 1.82) is 0 Å². The van der Waals surface area contributed by atoms with Crippen LogP contribution in [-0.2, 0) is 4.79 Å². The van der Waals surface area contributed by atoms with E-state index in [2.05, 4.69) is 10.3 Å². The minimum atomic E-state index is -0.210. The van der Waals surface area contributed by atoms with Gasteiger partial charge in [-0.1, -0.05) is 12.1 Å². The van der Waals surface area contributed by atoms with E-state index in [0.717, 1.165) is 5.56 Å². The van der Waals surface area contributed by atoms with Crippen molar-refractivity contribution in [3.63, 3.8) is 0 Å². The third-order valence-electron chi connectivity index (χ3n) is 2.20. The fourth-order valence-electron chi connectivity index (χ4n) is 1.41. The molecule has 0 bridgehead atoms. The van der Waals surface area contributed by atoms with Crippen LogP contribution in [0, 0.1) is 6.92 Å². The van der Waals surface area contributed by atoms with Crippen molar-refractivity contribution in [3.05, 3.63) is 35.7 Å². The van der Waals surface area contributed by atoms with Crippen molar-refractivity contribution in [1.82, 2.24) is 10.3 Å². The van der Waals surface area contributed by atoms with Crippen molar-refractivity contribution >= 4 is 11.5 Å². The zero-order valence-corrected chi connectivity index (χ0v) is 9.53. The van der Waals surface area contributed by atoms with E-state index in [9.17, 15) is 4.79 Å². The first kappa shape index (κ1) is 12.4. The number of aliphatic hydroxyl groups is 1. The average molecular weight is 220 g/mol. The monoisotopic (exact) mass is 220 g/mol. The van der Waals surface area contributed by atoms with Gasteiger partial charge in [-0.15, -0.1) is 0 Å². The van der Waals surface area contributed by atoms with Crippen LogP contribution in [0.5, 0.6) is 0 Å². The summed E-state index contributed by atoms with van der Waals surface area (Å²) in [6, 6.07) is 3.74. The molecule has 0 fully saturated rings. The van der Waals surface area contributed by atoms with Gasteiger partial charge in [-0.05, 0) is 25.5 Å². The summed E-state index contributed by atoms with van der Waals surface area (Å²) in [4.78, 5) is 15.9. The summed E-state index contributed by atoms with van der Waals surface area (Å²) in [5.41, 5.74) is 2.17. The average Bonchev–Trinajstić information content (AvgIpc) is 2.30. The Morgan fingerprint density at radius 3 is 2.94 bits per heavy atom. The Kier molecular flexibility index (Phi) is 4.66. The lowest BCUT2D eigenvalue weighted by Crippen LogP contribution is -2.27. The number of amides is 1. The Labute approximate surface area is 95.0 Å². The van der Waals surface area contributed by atoms with E-state index < -0.39 is 0 Å². The number of allylic oxidation sites excluding steroid dienone is 1. The highest BCUT2D eigenvalue weighted by Gasteiger charge is 2.13. The predicted octanol–water partition coefficient (Wildman–Crippen LogP) is 0.902. The third-order valence-corrected chi connectivity index (χ3v) is 2.20. The van der Waals surface area contributed by atoms with Crippen LogP contribution in [0.25, 0.3) is 5.57 Å². The number of pyridine rings is 1. The lowest BCUT2D eigenvalue weighted by Gasteiger charge is -2.09. The van der Waals surface area contributed by atoms with E-state index in [0.29, 0.717) is 11.3 Å². The largest absolute Gasteiger partial charge is 0.395 e. The molecule has 4 heteroatoms. The molecule has 0 aliphatic rings. The number of aromatic nitrogens is 1. The van der Waals surface area contributed by atoms with Crippen LogP contribution in [-0.4, -0.2) is 29.1 Å². The van der Waals surface area contributed by atoms with E-state index in [1.807, 2.05) is 19.1 Å². The topological polar surface area (TPSA) is 62.2 Å². The second-order valence-electron chi connectivity index (χ2n) is 3.35.